The van der Waals surface area contributed by atoms with Crippen molar-refractivity contribution in [3.63, 3.8) is 0 Å². The zero-order valence-electron chi connectivity index (χ0n) is 52.3. The average molecular weight is 1250 g/mol. The van der Waals surface area contributed by atoms with Crippen molar-refractivity contribution in [3.05, 3.63) is 337 Å². The van der Waals surface area contributed by atoms with Gasteiger partial charge >= 0.3 is 0 Å². The van der Waals surface area contributed by atoms with E-state index < -0.39 is 0 Å². The number of nitrogens with zero attached hydrogens (tertiary/aromatic N) is 10. The number of benzene rings is 14. The summed E-state index contributed by atoms with van der Waals surface area (Å²) in [5.74, 6) is 0. The van der Waals surface area contributed by atoms with E-state index in [1.807, 2.05) is 36.4 Å². The van der Waals surface area contributed by atoms with E-state index in [9.17, 15) is 17.1 Å². The predicted molar refractivity (Wildman–Crippen MR) is 401 cm³/mol. The van der Waals surface area contributed by atoms with Crippen molar-refractivity contribution in [1.82, 2.24) is 27.4 Å². The molecule has 20 aromatic rings. The molecule has 14 aromatic carbocycles. The highest BCUT2D eigenvalue weighted by Crippen LogP contribution is 2.52. The Bertz CT molecular complexity index is 6270. The smallest absolute Gasteiger partial charge is 0.232 e. The molecule has 10 heteroatoms. The fourth-order valence-electron chi connectivity index (χ4n) is 15.9. The van der Waals surface area contributed by atoms with Crippen molar-refractivity contribution in [2.45, 2.75) is 0 Å². The van der Waals surface area contributed by atoms with Crippen LogP contribution < -0.4 is 0 Å². The fourth-order valence-corrected chi connectivity index (χ4v) is 15.9. The maximum atomic E-state index is 11.9. The molecular formula is C88H50N10. The molecule has 98 heavy (non-hydrogen) atoms. The normalized spacial score (nSPS) is 11.6. The average Bonchev–Trinajstić information content (AvgIpc) is 1.39. The third-order valence-electron chi connectivity index (χ3n) is 19.8. The number of hydrogen-bond donors (Lipinski definition) is 0. The first kappa shape index (κ1) is 55.5. The second-order valence-corrected chi connectivity index (χ2v) is 24.6. The Morgan fingerprint density at radius 2 is 0.449 bits per heavy atom. The number of nitriles is 2. The second-order valence-electron chi connectivity index (χ2n) is 24.6. The van der Waals surface area contributed by atoms with E-state index in [0.29, 0.717) is 28.2 Å². The van der Waals surface area contributed by atoms with E-state index in [1.54, 1.807) is 0 Å². The maximum absolute atomic E-state index is 11.9. The lowest BCUT2D eigenvalue weighted by atomic mass is 10.0. The van der Waals surface area contributed by atoms with Crippen LogP contribution >= 0.6 is 0 Å². The summed E-state index contributed by atoms with van der Waals surface area (Å²) in [6.45, 7) is 17.1. The molecule has 452 valence electrons. The van der Waals surface area contributed by atoms with E-state index in [1.165, 1.54) is 0 Å². The van der Waals surface area contributed by atoms with Crippen molar-refractivity contribution in [2.24, 2.45) is 0 Å². The van der Waals surface area contributed by atoms with Crippen LogP contribution in [-0.2, 0) is 0 Å². The van der Waals surface area contributed by atoms with Gasteiger partial charge in [-0.05, 0) is 84.9 Å². The first-order valence-corrected chi connectivity index (χ1v) is 32.4. The van der Waals surface area contributed by atoms with Crippen molar-refractivity contribution in [1.29, 1.82) is 10.5 Å². The van der Waals surface area contributed by atoms with Gasteiger partial charge in [0.15, 0.2) is 0 Å². The molecule has 0 fully saturated rings. The summed E-state index contributed by atoms with van der Waals surface area (Å²) in [6.07, 6.45) is 0. The number of rotatable bonds is 6. The summed E-state index contributed by atoms with van der Waals surface area (Å²) in [7, 11) is 0. The van der Waals surface area contributed by atoms with Gasteiger partial charge in [0.2, 0.25) is 11.4 Å². The van der Waals surface area contributed by atoms with Gasteiger partial charge in [0.1, 0.15) is 0 Å². The van der Waals surface area contributed by atoms with Gasteiger partial charge in [-0.1, -0.05) is 218 Å². The standard InChI is InChI=1S/C56H32N6.C32H18N4/c1-58-52-43(34-57)53(59-44-26-10-2-18-35(44)36-19-3-11-27-45(36)59)55(61-48-30-14-6-22-39(48)40-23-7-15-31-49(40)61)56(62-50-32-16-8-24-41(50)42-25-9-17-33-51(42)62)54(52)60-46-28-12-4-20-37(46)38-21-5-13-29-47(38)60;1-34-26-19-32(36-29-16-8-4-12-24(29)25-13-5-9-17-30(25)36)31(18-21(26)20-33)35-27-14-6-2-10-22(27)23-11-3-7-15-28(23)35/h2-33H;2-19H. The molecular weight excluding hydrogens is 1200 g/mol. The Morgan fingerprint density at radius 1 is 0.235 bits per heavy atom. The molecule has 0 aliphatic heterocycles. The molecule has 20 rings (SSSR count). The van der Waals surface area contributed by atoms with Crippen LogP contribution in [0.4, 0.5) is 11.4 Å². The molecule has 10 nitrogen and oxygen atoms in total. The monoisotopic (exact) mass is 1250 g/mol. The first-order chi connectivity index (χ1) is 48.6. The number of para-hydroxylation sites is 12. The lowest BCUT2D eigenvalue weighted by molar-refractivity contribution is 1.02. The summed E-state index contributed by atoms with van der Waals surface area (Å²) >= 11 is 0. The minimum atomic E-state index is 0.275. The van der Waals surface area contributed by atoms with E-state index in [4.69, 9.17) is 6.57 Å². The van der Waals surface area contributed by atoms with E-state index in [-0.39, 0.29) is 5.69 Å². The van der Waals surface area contributed by atoms with Crippen molar-refractivity contribution >= 4 is 142 Å². The van der Waals surface area contributed by atoms with Gasteiger partial charge < -0.3 is 27.4 Å². The van der Waals surface area contributed by atoms with E-state index in [2.05, 4.69) is 316 Å². The minimum absolute atomic E-state index is 0.275. The van der Waals surface area contributed by atoms with Crippen LogP contribution in [-0.4, -0.2) is 27.4 Å². The highest BCUT2D eigenvalue weighted by molar-refractivity contribution is 6.18. The molecule has 0 saturated heterocycles. The van der Waals surface area contributed by atoms with Crippen LogP contribution in [0, 0.1) is 35.8 Å². The van der Waals surface area contributed by atoms with Crippen LogP contribution in [0.3, 0.4) is 0 Å². The van der Waals surface area contributed by atoms with Gasteiger partial charge in [0.05, 0.1) is 137 Å². The Kier molecular flexibility index (Phi) is 12.3. The quantitative estimate of drug-likeness (QED) is 0.155. The molecule has 0 spiro atoms. The van der Waals surface area contributed by atoms with Gasteiger partial charge in [-0.3, -0.25) is 0 Å². The Labute approximate surface area is 560 Å². The minimum Gasteiger partial charge on any atom is -0.317 e. The summed E-state index contributed by atoms with van der Waals surface area (Å²) in [5.41, 5.74) is 17.9. The predicted octanol–water partition coefficient (Wildman–Crippen LogP) is 22.8. The summed E-state index contributed by atoms with van der Waals surface area (Å²) in [4.78, 5) is 8.21. The van der Waals surface area contributed by atoms with Crippen molar-refractivity contribution in [2.75, 3.05) is 0 Å². The fraction of sp³-hybridized carbons (Fsp3) is 0. The van der Waals surface area contributed by atoms with E-state index >= 15 is 0 Å². The molecule has 0 aliphatic rings. The molecule has 0 aliphatic carbocycles. The molecule has 0 unspecified atom stereocenters. The van der Waals surface area contributed by atoms with Crippen molar-refractivity contribution < 1.29 is 0 Å². The molecule has 0 saturated carbocycles. The van der Waals surface area contributed by atoms with Crippen LogP contribution in [0.1, 0.15) is 11.1 Å². The Hall–Kier alpha value is -14.2. The molecule has 0 radical (unpaired) electrons. The number of hydrogen-bond acceptors (Lipinski definition) is 2. The summed E-state index contributed by atoms with van der Waals surface area (Å²) in [6, 6.07) is 110. The molecule has 0 amide bonds. The van der Waals surface area contributed by atoms with Crippen LogP contribution in [0.25, 0.3) is 175 Å². The highest BCUT2D eigenvalue weighted by Gasteiger charge is 2.35. The van der Waals surface area contributed by atoms with Crippen LogP contribution in [0.5, 0.6) is 0 Å². The van der Waals surface area contributed by atoms with E-state index in [0.717, 1.165) is 154 Å². The lowest BCUT2D eigenvalue weighted by Gasteiger charge is -2.28. The van der Waals surface area contributed by atoms with Crippen LogP contribution in [0.2, 0.25) is 0 Å². The number of aromatic nitrogens is 6. The first-order valence-electron chi connectivity index (χ1n) is 32.4. The number of fused-ring (bicyclic) bond motifs is 18. The molecule has 0 N–H and O–H groups in total. The van der Waals surface area contributed by atoms with Gasteiger partial charge in [0.25, 0.3) is 0 Å². The molecule has 0 bridgehead atoms. The molecule has 6 heterocycles. The third kappa shape index (κ3) is 7.80. The molecule has 6 aromatic heterocycles. The Balaban J connectivity index is 0.000000159. The lowest BCUT2D eigenvalue weighted by Crippen LogP contribution is -2.15. The van der Waals surface area contributed by atoms with Gasteiger partial charge in [-0.25, -0.2) is 9.69 Å². The molecule has 0 atom stereocenters. The highest BCUT2D eigenvalue weighted by atomic mass is 15.2. The largest absolute Gasteiger partial charge is 0.317 e. The van der Waals surface area contributed by atoms with Crippen LogP contribution in [0.15, 0.2) is 303 Å². The van der Waals surface area contributed by atoms with Gasteiger partial charge in [-0.15, -0.1) is 0 Å². The third-order valence-corrected chi connectivity index (χ3v) is 19.8. The SMILES string of the molecule is [C-]#[N+]c1c(C#N)c(-n2c3ccccc3c3ccccc32)c(-n2c3ccccc3c3ccccc32)c(-n2c3ccccc3c3ccccc32)c1-n1c2ccccc2c2ccccc21.[C-]#[N+]c1cc(-n2c3ccccc3c3ccccc32)c(-n2c3ccccc3c3ccccc32)cc1C#N. The maximum Gasteiger partial charge on any atom is 0.232 e. The summed E-state index contributed by atoms with van der Waals surface area (Å²) < 4.78 is 13.6. The Morgan fingerprint density at radius 3 is 0.684 bits per heavy atom. The summed E-state index contributed by atoms with van der Waals surface area (Å²) in [5, 5.41) is 35.1. The van der Waals surface area contributed by atoms with Gasteiger partial charge in [-0.2, -0.15) is 10.5 Å². The zero-order valence-corrected chi connectivity index (χ0v) is 52.3. The van der Waals surface area contributed by atoms with Gasteiger partial charge in [0, 0.05) is 64.6 Å². The topological polar surface area (TPSA) is 85.9 Å². The second kappa shape index (κ2) is 21.7. The zero-order chi connectivity index (χ0) is 65.3. The van der Waals surface area contributed by atoms with Crippen molar-refractivity contribution in [3.8, 4) is 46.3 Å².